The minimum Gasteiger partial charge on any atom is -0.492 e. The lowest BCUT2D eigenvalue weighted by atomic mass is 10.1. The van der Waals surface area contributed by atoms with Crippen molar-refractivity contribution < 1.29 is 13.2 Å². The molecule has 6 heteroatoms. The van der Waals surface area contributed by atoms with Crippen LogP contribution in [0.2, 0.25) is 0 Å². The van der Waals surface area contributed by atoms with Gasteiger partial charge in [0.15, 0.2) is 0 Å². The first-order valence-corrected chi connectivity index (χ1v) is 9.36. The van der Waals surface area contributed by atoms with Crippen LogP contribution in [0.25, 0.3) is 0 Å². The van der Waals surface area contributed by atoms with Crippen molar-refractivity contribution in [2.45, 2.75) is 25.2 Å². The van der Waals surface area contributed by atoms with E-state index in [0.717, 1.165) is 16.6 Å². The quantitative estimate of drug-likeness (QED) is 0.811. The molecular formula is C14H18BrNO3S. The number of ether oxygens (including phenoxy) is 1. The van der Waals surface area contributed by atoms with Crippen LogP contribution in [0, 0.1) is 0 Å². The maximum atomic E-state index is 11.7. The number of hydrogen-bond donors (Lipinski definition) is 0. The standard InChI is InChI=1S/C14H18BrNO3S/c15-14-5-4-12(10-13(14)11-2-3-11)19-8-7-16-6-1-9-20(16,17)18/h4-5,10-11H,1-3,6-9H2. The van der Waals surface area contributed by atoms with Gasteiger partial charge < -0.3 is 4.74 Å². The van der Waals surface area contributed by atoms with Gasteiger partial charge in [-0.25, -0.2) is 8.42 Å². The van der Waals surface area contributed by atoms with Crippen LogP contribution in [-0.4, -0.2) is 38.2 Å². The van der Waals surface area contributed by atoms with Crippen molar-refractivity contribution in [3.63, 3.8) is 0 Å². The van der Waals surface area contributed by atoms with Crippen molar-refractivity contribution in [3.8, 4) is 5.75 Å². The molecule has 1 aliphatic heterocycles. The molecule has 1 aromatic rings. The number of halogens is 1. The van der Waals surface area contributed by atoms with Gasteiger partial charge in [-0.05, 0) is 48.9 Å². The SMILES string of the molecule is O=S1(=O)CCCN1CCOc1ccc(Br)c(C2CC2)c1. The lowest BCUT2D eigenvalue weighted by molar-refractivity contribution is 0.279. The zero-order valence-electron chi connectivity index (χ0n) is 11.2. The molecule has 0 unspecified atom stereocenters. The number of benzene rings is 1. The summed E-state index contributed by atoms with van der Waals surface area (Å²) in [6.45, 7) is 1.47. The Morgan fingerprint density at radius 2 is 2.15 bits per heavy atom. The molecule has 1 aliphatic carbocycles. The van der Waals surface area contributed by atoms with Gasteiger partial charge in [-0.15, -0.1) is 0 Å². The van der Waals surface area contributed by atoms with Crippen LogP contribution in [-0.2, 0) is 10.0 Å². The zero-order chi connectivity index (χ0) is 14.2. The molecule has 2 aliphatic rings. The van der Waals surface area contributed by atoms with Crippen LogP contribution in [0.1, 0.15) is 30.7 Å². The van der Waals surface area contributed by atoms with E-state index in [2.05, 4.69) is 22.0 Å². The first kappa shape index (κ1) is 14.4. The third kappa shape index (κ3) is 3.18. The summed E-state index contributed by atoms with van der Waals surface area (Å²) >= 11 is 3.56. The van der Waals surface area contributed by atoms with Gasteiger partial charge in [-0.3, -0.25) is 0 Å². The Balaban J connectivity index is 1.57. The summed E-state index contributed by atoms with van der Waals surface area (Å²) in [7, 11) is -3.01. The molecule has 0 spiro atoms. The third-order valence-electron chi connectivity index (χ3n) is 3.80. The topological polar surface area (TPSA) is 46.6 Å². The van der Waals surface area contributed by atoms with Crippen molar-refractivity contribution in [3.05, 3.63) is 28.2 Å². The summed E-state index contributed by atoms with van der Waals surface area (Å²) in [6.07, 6.45) is 3.22. The summed E-state index contributed by atoms with van der Waals surface area (Å²) in [5.41, 5.74) is 1.30. The van der Waals surface area contributed by atoms with Crippen molar-refractivity contribution in [1.29, 1.82) is 0 Å². The molecule has 0 aromatic heterocycles. The Morgan fingerprint density at radius 1 is 1.35 bits per heavy atom. The Morgan fingerprint density at radius 3 is 2.80 bits per heavy atom. The molecule has 0 amide bonds. The molecule has 3 rings (SSSR count). The fourth-order valence-corrected chi connectivity index (χ4v) is 4.61. The highest BCUT2D eigenvalue weighted by Gasteiger charge is 2.28. The predicted octanol–water partition coefficient (Wildman–Crippen LogP) is 2.74. The molecule has 20 heavy (non-hydrogen) atoms. The van der Waals surface area contributed by atoms with Gasteiger partial charge in [-0.2, -0.15) is 4.31 Å². The number of rotatable bonds is 5. The summed E-state index contributed by atoms with van der Waals surface area (Å²) < 4.78 is 31.7. The Labute approximate surface area is 128 Å². The predicted molar refractivity (Wildman–Crippen MR) is 81.6 cm³/mol. The zero-order valence-corrected chi connectivity index (χ0v) is 13.6. The van der Waals surface area contributed by atoms with Gasteiger partial charge >= 0.3 is 0 Å². The van der Waals surface area contributed by atoms with E-state index in [0.29, 0.717) is 25.6 Å². The number of sulfonamides is 1. The Hall–Kier alpha value is -0.590. The summed E-state index contributed by atoms with van der Waals surface area (Å²) in [5, 5.41) is 0. The van der Waals surface area contributed by atoms with Gasteiger partial charge in [0.2, 0.25) is 10.0 Å². The molecule has 1 saturated heterocycles. The van der Waals surface area contributed by atoms with Gasteiger partial charge in [0.05, 0.1) is 5.75 Å². The monoisotopic (exact) mass is 359 g/mol. The average molecular weight is 360 g/mol. The van der Waals surface area contributed by atoms with E-state index in [9.17, 15) is 8.42 Å². The molecule has 110 valence electrons. The number of nitrogens with zero attached hydrogens (tertiary/aromatic N) is 1. The molecule has 1 saturated carbocycles. The highest BCUT2D eigenvalue weighted by molar-refractivity contribution is 9.10. The fourth-order valence-electron chi connectivity index (χ4n) is 2.53. The normalized spacial score (nSPS) is 22.1. The minimum atomic E-state index is -3.01. The van der Waals surface area contributed by atoms with E-state index < -0.39 is 10.0 Å². The smallest absolute Gasteiger partial charge is 0.214 e. The van der Waals surface area contributed by atoms with Crippen molar-refractivity contribution in [2.75, 3.05) is 25.4 Å². The minimum absolute atomic E-state index is 0.275. The van der Waals surface area contributed by atoms with Crippen LogP contribution >= 0.6 is 15.9 Å². The van der Waals surface area contributed by atoms with Gasteiger partial charge in [0.25, 0.3) is 0 Å². The lowest BCUT2D eigenvalue weighted by Gasteiger charge is -2.15. The highest BCUT2D eigenvalue weighted by Crippen LogP contribution is 2.44. The summed E-state index contributed by atoms with van der Waals surface area (Å²) in [4.78, 5) is 0. The van der Waals surface area contributed by atoms with Crippen LogP contribution in [0.4, 0.5) is 0 Å². The number of hydrogen-bond acceptors (Lipinski definition) is 3. The van der Waals surface area contributed by atoms with Gasteiger partial charge in [0, 0.05) is 17.6 Å². The first-order chi connectivity index (χ1) is 9.56. The molecule has 0 radical (unpaired) electrons. The van der Waals surface area contributed by atoms with Crippen molar-refractivity contribution >= 4 is 26.0 Å². The molecule has 2 fully saturated rings. The average Bonchev–Trinajstić information content (AvgIpc) is 3.18. The second-order valence-corrected chi connectivity index (χ2v) is 8.32. The van der Waals surface area contributed by atoms with Crippen molar-refractivity contribution in [1.82, 2.24) is 4.31 Å². The maximum absolute atomic E-state index is 11.7. The Kier molecular flexibility index (Phi) is 4.06. The largest absolute Gasteiger partial charge is 0.492 e. The molecule has 4 nitrogen and oxygen atoms in total. The van der Waals surface area contributed by atoms with E-state index in [1.54, 1.807) is 0 Å². The van der Waals surface area contributed by atoms with E-state index in [1.807, 2.05) is 12.1 Å². The molecule has 1 aromatic carbocycles. The van der Waals surface area contributed by atoms with Crippen LogP contribution in [0.15, 0.2) is 22.7 Å². The molecule has 0 bridgehead atoms. The van der Waals surface area contributed by atoms with E-state index >= 15 is 0 Å². The molecule has 0 N–H and O–H groups in total. The van der Waals surface area contributed by atoms with Crippen LogP contribution in [0.3, 0.4) is 0 Å². The van der Waals surface area contributed by atoms with E-state index in [4.69, 9.17) is 4.74 Å². The summed E-state index contributed by atoms with van der Waals surface area (Å²) in [6, 6.07) is 6.00. The first-order valence-electron chi connectivity index (χ1n) is 6.96. The fraction of sp³-hybridized carbons (Fsp3) is 0.571. The molecule has 0 atom stereocenters. The summed E-state index contributed by atoms with van der Waals surface area (Å²) in [5.74, 6) is 1.76. The molecular weight excluding hydrogens is 342 g/mol. The van der Waals surface area contributed by atoms with Gasteiger partial charge in [0.1, 0.15) is 12.4 Å². The second-order valence-electron chi connectivity index (χ2n) is 5.37. The Bertz CT molecular complexity index is 598. The highest BCUT2D eigenvalue weighted by atomic mass is 79.9. The van der Waals surface area contributed by atoms with Crippen molar-refractivity contribution in [2.24, 2.45) is 0 Å². The second kappa shape index (κ2) is 5.66. The third-order valence-corrected chi connectivity index (χ3v) is 6.48. The molecule has 1 heterocycles. The van der Waals surface area contributed by atoms with Gasteiger partial charge in [-0.1, -0.05) is 15.9 Å². The van der Waals surface area contributed by atoms with E-state index in [-0.39, 0.29) is 5.75 Å². The van der Waals surface area contributed by atoms with E-state index in [1.165, 1.54) is 22.7 Å². The van der Waals surface area contributed by atoms with Crippen LogP contribution < -0.4 is 4.74 Å². The van der Waals surface area contributed by atoms with Crippen LogP contribution in [0.5, 0.6) is 5.75 Å². The maximum Gasteiger partial charge on any atom is 0.214 e. The lowest BCUT2D eigenvalue weighted by Crippen LogP contribution is -2.30.